The highest BCUT2D eigenvalue weighted by molar-refractivity contribution is 7.74. The molecule has 0 atom stereocenters. The standard InChI is InChI=1S/C21H21O4P/c1-16-14-19(23-2)21(20(15-16)24-3)25-26(22,17-10-6-4-7-11-17)18-12-8-5-9-13-18/h4-15H,1-3H3. The number of benzene rings is 3. The molecular formula is C21H21O4P. The first-order valence-corrected chi connectivity index (χ1v) is 9.84. The summed E-state index contributed by atoms with van der Waals surface area (Å²) in [5, 5.41) is 1.21. The Morgan fingerprint density at radius 3 is 1.54 bits per heavy atom. The minimum Gasteiger partial charge on any atom is -0.493 e. The first-order chi connectivity index (χ1) is 12.6. The zero-order valence-corrected chi connectivity index (χ0v) is 15.9. The van der Waals surface area contributed by atoms with Crippen LogP contribution in [0, 0.1) is 6.92 Å². The summed E-state index contributed by atoms with van der Waals surface area (Å²) in [6.45, 7) is 1.93. The summed E-state index contributed by atoms with van der Waals surface area (Å²) in [5.41, 5.74) is 0.959. The van der Waals surface area contributed by atoms with E-state index >= 15 is 0 Å². The van der Waals surface area contributed by atoms with Gasteiger partial charge in [-0.1, -0.05) is 36.4 Å². The molecule has 5 heteroatoms. The molecule has 3 aromatic carbocycles. The van der Waals surface area contributed by atoms with Gasteiger partial charge in [-0.05, 0) is 48.9 Å². The summed E-state index contributed by atoms with van der Waals surface area (Å²) in [4.78, 5) is 0. The van der Waals surface area contributed by atoms with Crippen LogP contribution in [0.25, 0.3) is 0 Å². The molecule has 0 bridgehead atoms. The molecule has 26 heavy (non-hydrogen) atoms. The van der Waals surface area contributed by atoms with Gasteiger partial charge in [-0.2, -0.15) is 0 Å². The highest BCUT2D eigenvalue weighted by atomic mass is 31.2. The van der Waals surface area contributed by atoms with E-state index in [4.69, 9.17) is 14.0 Å². The lowest BCUT2D eigenvalue weighted by molar-refractivity contribution is 0.362. The molecule has 0 aliphatic heterocycles. The Kier molecular flexibility index (Phi) is 5.34. The molecule has 0 aliphatic carbocycles. The maximum absolute atomic E-state index is 14.1. The van der Waals surface area contributed by atoms with Crippen molar-refractivity contribution in [2.24, 2.45) is 0 Å². The minimum absolute atomic E-state index is 0.330. The van der Waals surface area contributed by atoms with Crippen molar-refractivity contribution >= 4 is 18.0 Å². The van der Waals surface area contributed by atoms with Crippen LogP contribution in [0.3, 0.4) is 0 Å². The van der Waals surface area contributed by atoms with Crippen LogP contribution >= 0.6 is 7.37 Å². The van der Waals surface area contributed by atoms with Crippen molar-refractivity contribution in [2.75, 3.05) is 14.2 Å². The van der Waals surface area contributed by atoms with Gasteiger partial charge in [-0.25, -0.2) is 0 Å². The highest BCUT2D eigenvalue weighted by Crippen LogP contribution is 2.51. The lowest BCUT2D eigenvalue weighted by Gasteiger charge is -2.23. The van der Waals surface area contributed by atoms with Gasteiger partial charge in [-0.15, -0.1) is 0 Å². The van der Waals surface area contributed by atoms with E-state index in [0.717, 1.165) is 5.56 Å². The highest BCUT2D eigenvalue weighted by Gasteiger charge is 2.32. The SMILES string of the molecule is COc1cc(C)cc(OC)c1OP(=O)(c1ccccc1)c1ccccc1. The molecule has 0 spiro atoms. The molecule has 0 aliphatic rings. The van der Waals surface area contributed by atoms with Gasteiger partial charge >= 0.3 is 7.37 Å². The Bertz CT molecular complexity index is 855. The van der Waals surface area contributed by atoms with Gasteiger partial charge in [-0.3, -0.25) is 4.57 Å². The molecule has 0 unspecified atom stereocenters. The maximum Gasteiger partial charge on any atom is 0.307 e. The van der Waals surface area contributed by atoms with Crippen LogP contribution in [-0.2, 0) is 4.57 Å². The minimum atomic E-state index is -3.40. The van der Waals surface area contributed by atoms with Gasteiger partial charge in [0.05, 0.1) is 24.8 Å². The largest absolute Gasteiger partial charge is 0.493 e. The summed E-state index contributed by atoms with van der Waals surface area (Å²) >= 11 is 0. The summed E-state index contributed by atoms with van der Waals surface area (Å²) in [6, 6.07) is 22.0. The van der Waals surface area contributed by atoms with Gasteiger partial charge in [0.2, 0.25) is 5.75 Å². The van der Waals surface area contributed by atoms with E-state index in [-0.39, 0.29) is 0 Å². The Labute approximate surface area is 153 Å². The molecule has 0 saturated carbocycles. The monoisotopic (exact) mass is 368 g/mol. The third-order valence-electron chi connectivity index (χ3n) is 4.02. The van der Waals surface area contributed by atoms with Crippen LogP contribution < -0.4 is 24.6 Å². The lowest BCUT2D eigenvalue weighted by atomic mass is 10.2. The Morgan fingerprint density at radius 2 is 1.15 bits per heavy atom. The summed E-state index contributed by atoms with van der Waals surface area (Å²) in [6.07, 6.45) is 0. The van der Waals surface area contributed by atoms with Gasteiger partial charge in [0.15, 0.2) is 11.5 Å². The predicted molar refractivity (Wildman–Crippen MR) is 105 cm³/mol. The zero-order chi connectivity index (χ0) is 18.6. The Morgan fingerprint density at radius 1 is 0.731 bits per heavy atom. The third kappa shape index (κ3) is 3.47. The predicted octanol–water partition coefficient (Wildman–Crippen LogP) is 4.32. The van der Waals surface area contributed by atoms with Crippen molar-refractivity contribution in [3.05, 3.63) is 78.4 Å². The molecule has 0 amide bonds. The number of hydrogen-bond acceptors (Lipinski definition) is 4. The number of ether oxygens (including phenoxy) is 2. The molecular weight excluding hydrogens is 347 g/mol. The maximum atomic E-state index is 14.1. The molecule has 0 saturated heterocycles. The number of methoxy groups -OCH3 is 2. The molecule has 4 nitrogen and oxygen atoms in total. The Balaban J connectivity index is 2.19. The average molecular weight is 368 g/mol. The number of hydrogen-bond donors (Lipinski definition) is 0. The van der Waals surface area contributed by atoms with Crippen molar-refractivity contribution in [1.82, 2.24) is 0 Å². The smallest absolute Gasteiger partial charge is 0.307 e. The normalized spacial score (nSPS) is 11.0. The van der Waals surface area contributed by atoms with Crippen molar-refractivity contribution in [1.29, 1.82) is 0 Å². The van der Waals surface area contributed by atoms with E-state index in [9.17, 15) is 4.57 Å². The zero-order valence-electron chi connectivity index (χ0n) is 15.0. The van der Waals surface area contributed by atoms with Crippen molar-refractivity contribution in [3.8, 4) is 17.2 Å². The van der Waals surface area contributed by atoms with Gasteiger partial charge in [0, 0.05) is 0 Å². The number of rotatable bonds is 6. The van der Waals surface area contributed by atoms with Crippen molar-refractivity contribution < 1.29 is 18.6 Å². The fraction of sp³-hybridized carbons (Fsp3) is 0.143. The molecule has 134 valence electrons. The third-order valence-corrected chi connectivity index (χ3v) is 6.41. The second-order valence-electron chi connectivity index (χ2n) is 5.81. The lowest BCUT2D eigenvalue weighted by Crippen LogP contribution is -2.20. The van der Waals surface area contributed by atoms with Crippen LogP contribution in [0.4, 0.5) is 0 Å². The van der Waals surface area contributed by atoms with E-state index in [1.165, 1.54) is 0 Å². The fourth-order valence-corrected chi connectivity index (χ4v) is 4.81. The number of aryl methyl sites for hydroxylation is 1. The van der Waals surface area contributed by atoms with Crippen molar-refractivity contribution in [2.45, 2.75) is 6.92 Å². The van der Waals surface area contributed by atoms with E-state index < -0.39 is 7.37 Å². The summed E-state index contributed by atoms with van der Waals surface area (Å²) < 4.78 is 31.2. The molecule has 3 rings (SSSR count). The Hall–Kier alpha value is -2.71. The molecule has 0 fully saturated rings. The van der Waals surface area contributed by atoms with Crippen LogP contribution in [0.5, 0.6) is 17.2 Å². The van der Waals surface area contributed by atoms with E-state index in [0.29, 0.717) is 27.9 Å². The van der Waals surface area contributed by atoms with E-state index in [2.05, 4.69) is 0 Å². The van der Waals surface area contributed by atoms with Gasteiger partial charge < -0.3 is 14.0 Å². The van der Waals surface area contributed by atoms with E-state index in [1.54, 1.807) is 38.5 Å². The topological polar surface area (TPSA) is 44.8 Å². The first-order valence-electron chi connectivity index (χ1n) is 8.22. The van der Waals surface area contributed by atoms with Crippen LogP contribution in [-0.4, -0.2) is 14.2 Å². The van der Waals surface area contributed by atoms with Gasteiger partial charge in [0.1, 0.15) is 0 Å². The molecule has 0 N–H and O–H groups in total. The second kappa shape index (κ2) is 7.67. The van der Waals surface area contributed by atoms with Crippen LogP contribution in [0.15, 0.2) is 72.8 Å². The molecule has 3 aromatic rings. The quantitative estimate of drug-likeness (QED) is 0.608. The van der Waals surface area contributed by atoms with Crippen molar-refractivity contribution in [3.63, 3.8) is 0 Å². The van der Waals surface area contributed by atoms with Crippen LogP contribution in [0.1, 0.15) is 5.56 Å². The molecule has 0 radical (unpaired) electrons. The second-order valence-corrected chi connectivity index (χ2v) is 8.13. The summed E-state index contributed by atoms with van der Waals surface area (Å²) in [7, 11) is -0.296. The van der Waals surface area contributed by atoms with Crippen LogP contribution in [0.2, 0.25) is 0 Å². The first kappa shape index (κ1) is 18.1. The van der Waals surface area contributed by atoms with Gasteiger partial charge in [0.25, 0.3) is 0 Å². The molecule has 0 aromatic heterocycles. The fourth-order valence-electron chi connectivity index (χ4n) is 2.73. The average Bonchev–Trinajstić information content (AvgIpc) is 2.70. The van der Waals surface area contributed by atoms with E-state index in [1.807, 2.05) is 55.5 Å². The molecule has 0 heterocycles. The summed E-state index contributed by atoms with van der Waals surface area (Å²) in [5.74, 6) is 1.29.